The quantitative estimate of drug-likeness (QED) is 0.0340. The van der Waals surface area contributed by atoms with E-state index in [0.717, 1.165) is 6.92 Å². The number of methoxy groups -OCH3 is 3. The van der Waals surface area contributed by atoms with Crippen molar-refractivity contribution >= 4 is 11.9 Å². The standard InChI is InChI=1S/C46H80O27/c1-6-26-35(50)22(21(27(7-47)69-26)10-64-16-30-39(54)36(51)23(9-61-3)28(8-48)70-30)11-65-15-29-24(37(52)41(56)33(71-29)19-68-20(2)49)12-66-18-32-40(55)38(53)25(44(73-32)46(59)60)13-67-17-31-42(57)43(58)45(63-5)34(72-31)14-62-4/h21-45,47-48,50-58H,6-19H2,1-5H3,(H,59,60)/t21-,22+,23+,24?,25-,26-,27?,28?,29+,30-,31-,32-,33?,34?,35?,36+,37-,38+,39?,40?,41+,42?,43-,44?,45+/m0/s1. The third kappa shape index (κ3) is 15.4. The molecule has 5 aliphatic heterocycles. The van der Waals surface area contributed by atoms with Crippen LogP contribution in [0.3, 0.4) is 0 Å². The van der Waals surface area contributed by atoms with Gasteiger partial charge in [0.2, 0.25) is 0 Å². The van der Waals surface area contributed by atoms with Crippen molar-refractivity contribution in [3.8, 4) is 0 Å². The van der Waals surface area contributed by atoms with Crippen LogP contribution in [0.2, 0.25) is 0 Å². The summed E-state index contributed by atoms with van der Waals surface area (Å²) < 4.78 is 73.8. The highest BCUT2D eigenvalue weighted by Crippen LogP contribution is 2.36. The van der Waals surface area contributed by atoms with Gasteiger partial charge in [0.05, 0.1) is 128 Å². The molecule has 0 radical (unpaired) electrons. The summed E-state index contributed by atoms with van der Waals surface area (Å²) >= 11 is 0. The van der Waals surface area contributed by atoms with Gasteiger partial charge in [0.25, 0.3) is 0 Å². The smallest absolute Gasteiger partial charge is 0.333 e. The van der Waals surface area contributed by atoms with Crippen LogP contribution in [0.4, 0.5) is 0 Å². The van der Waals surface area contributed by atoms with Crippen molar-refractivity contribution in [3.63, 3.8) is 0 Å². The normalized spacial score (nSPS) is 43.4. The van der Waals surface area contributed by atoms with Crippen molar-refractivity contribution < 1.29 is 132 Å². The lowest BCUT2D eigenvalue weighted by molar-refractivity contribution is -0.254. The van der Waals surface area contributed by atoms with E-state index in [1.807, 2.05) is 0 Å². The summed E-state index contributed by atoms with van der Waals surface area (Å²) in [6.07, 6.45) is -24.8. The second-order valence-electron chi connectivity index (χ2n) is 19.4. The molecule has 5 aliphatic rings. The maximum Gasteiger partial charge on any atom is 0.333 e. The lowest BCUT2D eigenvalue weighted by atomic mass is 9.79. The molecule has 0 bridgehead atoms. The zero-order valence-corrected chi connectivity index (χ0v) is 41.8. The molecule has 0 saturated carbocycles. The average molecular weight is 1070 g/mol. The SMILES string of the molecule is CC[C@@H]1OC(CO)[C@@H](COC[C@@H]2OC(CO)[C@@H](COC)[C@@H](O)C2O)[C@@H](COC[C@H]2OC(COC(C)=O)[C@@H](O)[C@@H](O)C2COC[C@@H]2OC(C(=O)O)[C@@H](COC[C@@H]3OC(COC)[C@@H](OC)[C@@H](O)C3O)[C@@H](O)C2O)C1O. The van der Waals surface area contributed by atoms with Crippen molar-refractivity contribution in [1.82, 2.24) is 0 Å². The molecule has 0 spiro atoms. The molecule has 10 unspecified atom stereocenters. The van der Waals surface area contributed by atoms with Crippen LogP contribution in [0.5, 0.6) is 0 Å². The highest BCUT2D eigenvalue weighted by atomic mass is 16.6. The van der Waals surface area contributed by atoms with Crippen molar-refractivity contribution in [3.05, 3.63) is 0 Å². The number of hydrogen-bond acceptors (Lipinski definition) is 26. The fourth-order valence-electron chi connectivity index (χ4n) is 10.4. The molecule has 0 aliphatic carbocycles. The molecule has 0 aromatic heterocycles. The maximum absolute atomic E-state index is 12.5. The summed E-state index contributed by atoms with van der Waals surface area (Å²) in [7, 11) is 4.16. The van der Waals surface area contributed by atoms with Gasteiger partial charge >= 0.3 is 11.9 Å². The van der Waals surface area contributed by atoms with Gasteiger partial charge in [-0.15, -0.1) is 0 Å². The molecule has 73 heavy (non-hydrogen) atoms. The summed E-state index contributed by atoms with van der Waals surface area (Å²) in [6.45, 7) is -1.12. The van der Waals surface area contributed by atoms with Crippen LogP contribution in [-0.2, 0) is 71.2 Å². The van der Waals surface area contributed by atoms with E-state index >= 15 is 0 Å². The third-order valence-electron chi connectivity index (χ3n) is 14.6. The molecule has 12 N–H and O–H groups in total. The van der Waals surface area contributed by atoms with Gasteiger partial charge in [-0.2, -0.15) is 0 Å². The van der Waals surface area contributed by atoms with E-state index < -0.39 is 203 Å². The highest BCUT2D eigenvalue weighted by molar-refractivity contribution is 5.73. The largest absolute Gasteiger partial charge is 0.479 e. The number of aliphatic hydroxyl groups excluding tert-OH is 11. The summed E-state index contributed by atoms with van der Waals surface area (Å²) in [5, 5.41) is 130. The minimum atomic E-state index is -1.74. The van der Waals surface area contributed by atoms with Crippen LogP contribution in [0.15, 0.2) is 0 Å². The predicted octanol–water partition coefficient (Wildman–Crippen LogP) is -6.43. The van der Waals surface area contributed by atoms with Crippen LogP contribution < -0.4 is 0 Å². The molecular formula is C46H80O27. The Labute approximate surface area is 422 Å². The maximum atomic E-state index is 12.5. The van der Waals surface area contributed by atoms with Gasteiger partial charge in [-0.25, -0.2) is 4.79 Å². The van der Waals surface area contributed by atoms with Gasteiger partial charge in [0.1, 0.15) is 73.8 Å². The topological polar surface area (TPSA) is 397 Å². The van der Waals surface area contributed by atoms with E-state index in [1.165, 1.54) is 21.3 Å². The van der Waals surface area contributed by atoms with Crippen molar-refractivity contribution in [2.75, 3.05) is 107 Å². The molecule has 27 nitrogen and oxygen atoms in total. The zero-order valence-electron chi connectivity index (χ0n) is 41.8. The molecule has 0 aromatic carbocycles. The fourth-order valence-corrected chi connectivity index (χ4v) is 10.4. The lowest BCUT2D eigenvalue weighted by Crippen LogP contribution is -2.61. The van der Waals surface area contributed by atoms with Crippen LogP contribution in [0.25, 0.3) is 0 Å². The summed E-state index contributed by atoms with van der Waals surface area (Å²) in [5.74, 6) is -6.81. The average Bonchev–Trinajstić information content (AvgIpc) is 3.36. The molecule has 0 amide bonds. The van der Waals surface area contributed by atoms with Gasteiger partial charge < -0.3 is 123 Å². The number of aliphatic carboxylic acids is 1. The van der Waals surface area contributed by atoms with Crippen molar-refractivity contribution in [2.24, 2.45) is 29.6 Å². The number of hydrogen-bond donors (Lipinski definition) is 12. The molecule has 5 heterocycles. The number of ether oxygens (including phenoxy) is 13. The van der Waals surface area contributed by atoms with Gasteiger partial charge in [-0.1, -0.05) is 6.92 Å². The number of esters is 1. The Balaban J connectivity index is 1.22. The highest BCUT2D eigenvalue weighted by Gasteiger charge is 2.51. The Morgan fingerprint density at radius 2 is 0.822 bits per heavy atom. The van der Waals surface area contributed by atoms with E-state index in [-0.39, 0.29) is 46.2 Å². The fraction of sp³-hybridized carbons (Fsp3) is 0.957. The summed E-state index contributed by atoms with van der Waals surface area (Å²) in [5.41, 5.74) is 0. The van der Waals surface area contributed by atoms with E-state index in [1.54, 1.807) is 6.92 Å². The van der Waals surface area contributed by atoms with Crippen LogP contribution >= 0.6 is 0 Å². The van der Waals surface area contributed by atoms with Gasteiger partial charge in [-0.05, 0) is 6.42 Å². The Hall–Kier alpha value is -1.98. The number of carbonyl (C=O) groups excluding carboxylic acids is 1. The summed E-state index contributed by atoms with van der Waals surface area (Å²) in [6, 6.07) is 0. The van der Waals surface area contributed by atoms with E-state index in [0.29, 0.717) is 6.42 Å². The predicted molar refractivity (Wildman–Crippen MR) is 241 cm³/mol. The summed E-state index contributed by atoms with van der Waals surface area (Å²) in [4.78, 5) is 24.2. The Morgan fingerprint density at radius 3 is 1.33 bits per heavy atom. The first-order valence-electron chi connectivity index (χ1n) is 24.7. The number of carbonyl (C=O) groups is 2. The molecule has 5 fully saturated rings. The van der Waals surface area contributed by atoms with Crippen LogP contribution in [-0.4, -0.2) is 303 Å². The first kappa shape index (κ1) is 61.9. The van der Waals surface area contributed by atoms with Crippen molar-refractivity contribution in [1.29, 1.82) is 0 Å². The number of aliphatic hydroxyl groups is 11. The van der Waals surface area contributed by atoms with Gasteiger partial charge in [0.15, 0.2) is 6.10 Å². The first-order valence-corrected chi connectivity index (χ1v) is 24.7. The van der Waals surface area contributed by atoms with Gasteiger partial charge in [-0.3, -0.25) is 4.79 Å². The van der Waals surface area contributed by atoms with E-state index in [9.17, 15) is 70.9 Å². The lowest BCUT2D eigenvalue weighted by Gasteiger charge is -2.46. The molecule has 426 valence electrons. The van der Waals surface area contributed by atoms with Crippen molar-refractivity contribution in [2.45, 2.75) is 142 Å². The zero-order chi connectivity index (χ0) is 53.7. The van der Waals surface area contributed by atoms with Gasteiger partial charge in [0, 0.05) is 57.8 Å². The Bertz CT molecular complexity index is 1620. The molecule has 0 aromatic rings. The Morgan fingerprint density at radius 1 is 0.411 bits per heavy atom. The molecular weight excluding hydrogens is 984 g/mol. The molecule has 5 rings (SSSR count). The van der Waals surface area contributed by atoms with Crippen LogP contribution in [0, 0.1) is 29.6 Å². The Kier molecular flexibility index (Phi) is 25.2. The first-order chi connectivity index (χ1) is 34.9. The monoisotopic (exact) mass is 1060 g/mol. The number of carboxylic acid groups (broad SMARTS) is 1. The minimum absolute atomic E-state index is 0.0131. The van der Waals surface area contributed by atoms with Crippen LogP contribution in [0.1, 0.15) is 20.3 Å². The third-order valence-corrected chi connectivity index (χ3v) is 14.6. The van der Waals surface area contributed by atoms with E-state index in [4.69, 9.17) is 61.6 Å². The second-order valence-corrected chi connectivity index (χ2v) is 19.4. The minimum Gasteiger partial charge on any atom is -0.479 e. The number of rotatable bonds is 27. The molecule has 5 saturated heterocycles. The molecule has 25 atom stereocenters. The number of carboxylic acids is 1. The van der Waals surface area contributed by atoms with E-state index in [2.05, 4.69) is 0 Å². The second kappa shape index (κ2) is 29.7. The molecule has 27 heteroatoms.